The largest absolute Gasteiger partial charge is 0.478 e. The monoisotopic (exact) mass is 439 g/mol. The third-order valence-electron chi connectivity index (χ3n) is 5.30. The van der Waals surface area contributed by atoms with Crippen molar-refractivity contribution in [1.82, 2.24) is 14.4 Å². The summed E-state index contributed by atoms with van der Waals surface area (Å²) in [4.78, 5) is 35.3. The first kappa shape index (κ1) is 21.2. The van der Waals surface area contributed by atoms with Gasteiger partial charge in [-0.3, -0.25) is 9.20 Å². The molecule has 162 valence electrons. The molecule has 0 aliphatic carbocycles. The van der Waals surface area contributed by atoms with Gasteiger partial charge in [0, 0.05) is 43.2 Å². The van der Waals surface area contributed by atoms with Crippen molar-refractivity contribution < 1.29 is 9.90 Å². The number of carbonyl (C=O) groups is 1. The van der Waals surface area contributed by atoms with Crippen LogP contribution in [0.2, 0.25) is 0 Å². The Balaban J connectivity index is 1.65. The molecule has 0 saturated carbocycles. The van der Waals surface area contributed by atoms with Gasteiger partial charge in [-0.25, -0.2) is 14.8 Å². The summed E-state index contributed by atoms with van der Waals surface area (Å²) in [6.07, 6.45) is 5.59. The summed E-state index contributed by atoms with van der Waals surface area (Å²) < 4.78 is 1.45. The second-order valence-corrected chi connectivity index (χ2v) is 9.02. The molecule has 3 aromatic rings. The molecule has 4 rings (SSSR count). The quantitative estimate of drug-likeness (QED) is 0.543. The van der Waals surface area contributed by atoms with E-state index in [9.17, 15) is 9.59 Å². The van der Waals surface area contributed by atoms with Crippen LogP contribution in [0.3, 0.4) is 0 Å². The lowest BCUT2D eigenvalue weighted by molar-refractivity contribution is -0.131. The minimum atomic E-state index is -1.12. The van der Waals surface area contributed by atoms with Crippen LogP contribution in [0.15, 0.2) is 34.6 Å². The van der Waals surface area contributed by atoms with Crippen LogP contribution in [0.4, 0.5) is 5.82 Å². The molecule has 1 aliphatic heterocycles. The van der Waals surface area contributed by atoms with E-state index >= 15 is 0 Å². The molecule has 0 aromatic carbocycles. The number of thiazole rings is 1. The lowest BCUT2D eigenvalue weighted by Gasteiger charge is -2.38. The first-order chi connectivity index (χ1) is 14.8. The van der Waals surface area contributed by atoms with Crippen LogP contribution in [-0.2, 0) is 17.6 Å². The summed E-state index contributed by atoms with van der Waals surface area (Å²) in [6, 6.07) is 3.83. The molecule has 0 radical (unpaired) electrons. The van der Waals surface area contributed by atoms with Crippen molar-refractivity contribution >= 4 is 34.8 Å². The molecule has 4 heterocycles. The van der Waals surface area contributed by atoms with E-state index < -0.39 is 5.97 Å². The first-order valence-corrected chi connectivity index (χ1v) is 11.1. The van der Waals surface area contributed by atoms with Gasteiger partial charge in [0.05, 0.1) is 16.3 Å². The Morgan fingerprint density at radius 1 is 1.35 bits per heavy atom. The predicted octanol–water partition coefficient (Wildman–Crippen LogP) is 2.30. The highest BCUT2D eigenvalue weighted by Crippen LogP contribution is 2.23. The zero-order valence-corrected chi connectivity index (χ0v) is 18.3. The second-order valence-electron chi connectivity index (χ2n) is 8.07. The zero-order chi connectivity index (χ0) is 22.1. The number of aromatic nitrogens is 3. The Labute approximate surface area is 183 Å². The lowest BCUT2D eigenvalue weighted by Crippen LogP contribution is -2.56. The molecule has 8 nitrogen and oxygen atoms in total. The van der Waals surface area contributed by atoms with Crippen LogP contribution in [0.25, 0.3) is 11.7 Å². The molecule has 3 N–H and O–H groups in total. The van der Waals surface area contributed by atoms with Gasteiger partial charge < -0.3 is 15.7 Å². The Kier molecular flexibility index (Phi) is 5.88. The smallest absolute Gasteiger partial charge is 0.328 e. The van der Waals surface area contributed by atoms with E-state index in [4.69, 9.17) is 10.8 Å². The van der Waals surface area contributed by atoms with E-state index in [1.807, 2.05) is 17.0 Å². The van der Waals surface area contributed by atoms with Gasteiger partial charge in [0.15, 0.2) is 0 Å². The summed E-state index contributed by atoms with van der Waals surface area (Å²) in [5, 5.41) is 12.2. The molecular formula is C22H25N5O3S. The van der Waals surface area contributed by atoms with Crippen molar-refractivity contribution in [2.75, 3.05) is 18.0 Å². The molecule has 1 fully saturated rings. The van der Waals surface area contributed by atoms with E-state index in [1.165, 1.54) is 10.5 Å². The average molecular weight is 440 g/mol. The van der Waals surface area contributed by atoms with Crippen LogP contribution in [0.1, 0.15) is 41.6 Å². The number of rotatable bonds is 7. The normalized spacial score (nSPS) is 14.6. The number of carboxylic acid groups (broad SMARTS) is 1. The number of hydrogen-bond donors (Lipinski definition) is 2. The molecule has 3 aromatic heterocycles. The highest BCUT2D eigenvalue weighted by Gasteiger charge is 2.27. The van der Waals surface area contributed by atoms with Gasteiger partial charge in [-0.15, -0.1) is 11.3 Å². The second kappa shape index (κ2) is 8.60. The number of aryl methyl sites for hydroxylation is 2. The maximum Gasteiger partial charge on any atom is 0.328 e. The van der Waals surface area contributed by atoms with Gasteiger partial charge in [-0.1, -0.05) is 13.8 Å². The third-order valence-corrected chi connectivity index (χ3v) is 6.23. The molecule has 31 heavy (non-hydrogen) atoms. The number of aliphatic carboxylic acids is 1. The van der Waals surface area contributed by atoms with E-state index in [1.54, 1.807) is 17.5 Å². The molecule has 0 atom stereocenters. The van der Waals surface area contributed by atoms with Crippen LogP contribution in [-0.4, -0.2) is 44.6 Å². The molecule has 0 spiro atoms. The number of nitrogens with two attached hydrogens (primary N) is 1. The minimum Gasteiger partial charge on any atom is -0.478 e. The van der Waals surface area contributed by atoms with Gasteiger partial charge in [0.1, 0.15) is 11.5 Å². The SMILES string of the molecule is CC(C)c1csc(CCc2ccn3c(=O)c(C=CC(=O)O)c(N4CC(N)C4)nc3c2)n1. The standard InChI is InChI=1S/C22H25N5O3S/c1-13(2)17-12-31-19(24-17)5-3-14-7-8-27-18(9-14)25-21(26-10-15(23)11-26)16(22(27)30)4-6-20(28)29/h4,6-9,12-13,15H,3,5,10-11,23H2,1-2H3,(H,28,29). The molecule has 9 heteroatoms. The van der Waals surface area contributed by atoms with Crippen LogP contribution in [0.5, 0.6) is 0 Å². The van der Waals surface area contributed by atoms with Gasteiger partial charge in [-0.2, -0.15) is 0 Å². The van der Waals surface area contributed by atoms with Crippen LogP contribution < -0.4 is 16.2 Å². The number of anilines is 1. The van der Waals surface area contributed by atoms with Crippen molar-refractivity contribution in [3.8, 4) is 0 Å². The molecular weight excluding hydrogens is 414 g/mol. The molecule has 0 bridgehead atoms. The number of nitrogens with zero attached hydrogens (tertiary/aromatic N) is 4. The Hall–Kier alpha value is -3.04. The maximum absolute atomic E-state index is 13.1. The van der Waals surface area contributed by atoms with E-state index in [2.05, 4.69) is 29.2 Å². The third kappa shape index (κ3) is 4.52. The Bertz CT molecular complexity index is 1210. The van der Waals surface area contributed by atoms with E-state index in [0.29, 0.717) is 30.5 Å². The fourth-order valence-electron chi connectivity index (χ4n) is 3.52. The highest BCUT2D eigenvalue weighted by atomic mass is 32.1. The van der Waals surface area contributed by atoms with Crippen LogP contribution in [0, 0.1) is 0 Å². The topological polar surface area (TPSA) is 114 Å². The molecule has 1 aliphatic rings. The summed E-state index contributed by atoms with van der Waals surface area (Å²) >= 11 is 1.67. The summed E-state index contributed by atoms with van der Waals surface area (Å²) in [6.45, 7) is 5.43. The van der Waals surface area contributed by atoms with Crippen molar-refractivity contribution in [1.29, 1.82) is 0 Å². The van der Waals surface area contributed by atoms with Gasteiger partial charge in [0.2, 0.25) is 0 Å². The van der Waals surface area contributed by atoms with Gasteiger partial charge in [0.25, 0.3) is 5.56 Å². The lowest BCUT2D eigenvalue weighted by atomic mass is 10.1. The number of hydrogen-bond acceptors (Lipinski definition) is 7. The van der Waals surface area contributed by atoms with Crippen molar-refractivity contribution in [3.63, 3.8) is 0 Å². The maximum atomic E-state index is 13.1. The number of pyridine rings is 1. The fraction of sp³-hybridized carbons (Fsp3) is 0.364. The number of carboxylic acids is 1. The van der Waals surface area contributed by atoms with Gasteiger partial charge >= 0.3 is 5.97 Å². The summed E-state index contributed by atoms with van der Waals surface area (Å²) in [7, 11) is 0. The fourth-order valence-corrected chi connectivity index (χ4v) is 4.48. The molecule has 0 unspecified atom stereocenters. The van der Waals surface area contributed by atoms with Crippen molar-refractivity contribution in [2.24, 2.45) is 5.73 Å². The van der Waals surface area contributed by atoms with E-state index in [0.717, 1.165) is 35.2 Å². The molecule has 0 amide bonds. The van der Waals surface area contributed by atoms with Crippen LogP contribution >= 0.6 is 11.3 Å². The summed E-state index contributed by atoms with van der Waals surface area (Å²) in [5.74, 6) is -0.226. The van der Waals surface area contributed by atoms with E-state index in [-0.39, 0.29) is 17.2 Å². The Morgan fingerprint density at radius 2 is 2.13 bits per heavy atom. The Morgan fingerprint density at radius 3 is 2.77 bits per heavy atom. The average Bonchev–Trinajstić information content (AvgIpc) is 3.18. The number of fused-ring (bicyclic) bond motifs is 1. The molecule has 1 saturated heterocycles. The predicted molar refractivity (Wildman–Crippen MR) is 122 cm³/mol. The van der Waals surface area contributed by atoms with Gasteiger partial charge in [-0.05, 0) is 36.1 Å². The first-order valence-electron chi connectivity index (χ1n) is 10.2. The zero-order valence-electron chi connectivity index (χ0n) is 17.5. The summed E-state index contributed by atoms with van der Waals surface area (Å²) in [5.41, 5.74) is 8.57. The highest BCUT2D eigenvalue weighted by molar-refractivity contribution is 7.09. The van der Waals surface area contributed by atoms with Crippen molar-refractivity contribution in [3.05, 3.63) is 62.0 Å². The van der Waals surface area contributed by atoms with Crippen molar-refractivity contribution in [2.45, 2.75) is 38.6 Å². The minimum absolute atomic E-state index is 0.0249.